The van der Waals surface area contributed by atoms with Gasteiger partial charge in [0.15, 0.2) is 0 Å². The second-order valence-electron chi connectivity index (χ2n) is 3.91. The lowest BCUT2D eigenvalue weighted by Crippen LogP contribution is -2.26. The fraction of sp³-hybridized carbons (Fsp3) is 0.333. The van der Waals surface area contributed by atoms with Crippen molar-refractivity contribution in [3.8, 4) is 6.07 Å². The van der Waals surface area contributed by atoms with Crippen LogP contribution in [-0.4, -0.2) is 23.1 Å². The Labute approximate surface area is 108 Å². The van der Waals surface area contributed by atoms with Crippen molar-refractivity contribution in [2.24, 2.45) is 0 Å². The molecular weight excluding hydrogens is 252 g/mol. The number of nitro benzene ring substituents is 1. The first-order chi connectivity index (χ1) is 9.05. The minimum absolute atomic E-state index is 0.0666. The molecule has 1 aliphatic heterocycles. The van der Waals surface area contributed by atoms with Gasteiger partial charge in [-0.1, -0.05) is 0 Å². The van der Waals surface area contributed by atoms with Crippen LogP contribution in [0.25, 0.3) is 0 Å². The highest BCUT2D eigenvalue weighted by molar-refractivity contribution is 5.87. The van der Waals surface area contributed by atoms with E-state index in [1.165, 1.54) is 24.3 Å². The zero-order chi connectivity index (χ0) is 14.0. The molecule has 0 aliphatic carbocycles. The van der Waals surface area contributed by atoms with Crippen molar-refractivity contribution in [1.82, 2.24) is 0 Å². The van der Waals surface area contributed by atoms with Crippen LogP contribution in [0.2, 0.25) is 0 Å². The Balaban J connectivity index is 2.19. The number of rotatable bonds is 4. The molecule has 7 heteroatoms. The van der Waals surface area contributed by atoms with E-state index in [1.807, 2.05) is 0 Å². The molecule has 1 aromatic rings. The van der Waals surface area contributed by atoms with Gasteiger partial charge < -0.3 is 9.47 Å². The van der Waals surface area contributed by atoms with Crippen LogP contribution in [0.5, 0.6) is 0 Å². The van der Waals surface area contributed by atoms with Crippen molar-refractivity contribution in [2.45, 2.75) is 18.6 Å². The van der Waals surface area contributed by atoms with Gasteiger partial charge in [-0.05, 0) is 24.6 Å². The summed E-state index contributed by atoms with van der Waals surface area (Å²) in [5, 5.41) is 19.6. The molecule has 0 unspecified atom stereocenters. The van der Waals surface area contributed by atoms with Crippen molar-refractivity contribution in [3.63, 3.8) is 0 Å². The summed E-state index contributed by atoms with van der Waals surface area (Å²) >= 11 is 0. The Morgan fingerprint density at radius 2 is 2.21 bits per heavy atom. The second-order valence-corrected chi connectivity index (χ2v) is 3.91. The minimum atomic E-state index is -1.62. The Morgan fingerprint density at radius 1 is 1.58 bits per heavy atom. The van der Waals surface area contributed by atoms with Gasteiger partial charge in [-0.2, -0.15) is 5.26 Å². The molecule has 1 saturated heterocycles. The number of hydrogen-bond donors (Lipinski definition) is 0. The predicted octanol–water partition coefficient (Wildman–Crippen LogP) is 1.49. The molecule has 0 spiro atoms. The monoisotopic (exact) mass is 262 g/mol. The summed E-state index contributed by atoms with van der Waals surface area (Å²) in [6, 6.07) is 7.30. The highest BCUT2D eigenvalue weighted by Crippen LogP contribution is 2.50. The number of nitriles is 1. The first kappa shape index (κ1) is 13.0. The fourth-order valence-corrected chi connectivity index (χ4v) is 1.75. The van der Waals surface area contributed by atoms with Crippen LogP contribution >= 0.6 is 0 Å². The van der Waals surface area contributed by atoms with Gasteiger partial charge in [0.2, 0.25) is 0 Å². The first-order valence-electron chi connectivity index (χ1n) is 5.55. The second kappa shape index (κ2) is 4.66. The molecule has 0 saturated carbocycles. The number of epoxide rings is 1. The van der Waals surface area contributed by atoms with Crippen molar-refractivity contribution in [1.29, 1.82) is 5.26 Å². The molecule has 1 aromatic carbocycles. The SMILES string of the molecule is CCOC(=O)[C@]1(C#N)O[C@H]1c1ccc([N+](=O)[O-])cc1. The maximum Gasteiger partial charge on any atom is 0.356 e. The van der Waals surface area contributed by atoms with Crippen molar-refractivity contribution in [2.75, 3.05) is 6.61 Å². The Hall–Kier alpha value is -2.46. The average Bonchev–Trinajstić information content (AvgIpc) is 3.15. The van der Waals surface area contributed by atoms with Gasteiger partial charge in [0, 0.05) is 12.1 Å². The lowest BCUT2D eigenvalue weighted by atomic mass is 10.0. The van der Waals surface area contributed by atoms with Crippen molar-refractivity contribution >= 4 is 11.7 Å². The van der Waals surface area contributed by atoms with Crippen LogP contribution in [0, 0.1) is 21.4 Å². The smallest absolute Gasteiger partial charge is 0.356 e. The van der Waals surface area contributed by atoms with Crippen LogP contribution in [0.15, 0.2) is 24.3 Å². The van der Waals surface area contributed by atoms with E-state index in [-0.39, 0.29) is 12.3 Å². The molecule has 2 rings (SSSR count). The van der Waals surface area contributed by atoms with Gasteiger partial charge in [0.05, 0.1) is 11.5 Å². The van der Waals surface area contributed by atoms with Crippen LogP contribution in [-0.2, 0) is 14.3 Å². The summed E-state index contributed by atoms with van der Waals surface area (Å²) in [4.78, 5) is 21.6. The van der Waals surface area contributed by atoms with Gasteiger partial charge in [0.25, 0.3) is 11.3 Å². The lowest BCUT2D eigenvalue weighted by molar-refractivity contribution is -0.384. The number of hydrogen-bond acceptors (Lipinski definition) is 6. The fourth-order valence-electron chi connectivity index (χ4n) is 1.75. The molecule has 1 heterocycles. The number of carbonyl (C=O) groups is 1. The number of carbonyl (C=O) groups excluding carboxylic acids is 1. The zero-order valence-corrected chi connectivity index (χ0v) is 10.0. The van der Waals surface area contributed by atoms with Crippen LogP contribution in [0.3, 0.4) is 0 Å². The molecule has 0 amide bonds. The molecule has 7 nitrogen and oxygen atoms in total. The van der Waals surface area contributed by atoms with Crippen LogP contribution < -0.4 is 0 Å². The third-order valence-corrected chi connectivity index (χ3v) is 2.77. The van der Waals surface area contributed by atoms with E-state index in [0.29, 0.717) is 5.56 Å². The van der Waals surface area contributed by atoms with E-state index in [1.54, 1.807) is 13.0 Å². The van der Waals surface area contributed by atoms with Crippen molar-refractivity contribution in [3.05, 3.63) is 39.9 Å². The summed E-state index contributed by atoms with van der Waals surface area (Å²) < 4.78 is 9.93. The highest BCUT2D eigenvalue weighted by atomic mass is 16.7. The molecule has 1 fully saturated rings. The van der Waals surface area contributed by atoms with Gasteiger partial charge in [-0.15, -0.1) is 0 Å². The topological polar surface area (TPSA) is 106 Å². The molecule has 98 valence electrons. The standard InChI is InChI=1S/C12H10N2O5/c1-2-18-11(15)12(7-13)10(19-12)8-3-5-9(6-4-8)14(16)17/h3-6,10H,2H2,1H3/t10-,12+/m0/s1. The number of nitrogens with zero attached hydrogens (tertiary/aromatic N) is 2. The summed E-state index contributed by atoms with van der Waals surface area (Å²) in [6.07, 6.45) is -0.739. The number of nitro groups is 1. The predicted molar refractivity (Wildman–Crippen MR) is 61.9 cm³/mol. The van der Waals surface area contributed by atoms with E-state index in [9.17, 15) is 14.9 Å². The van der Waals surface area contributed by atoms with E-state index < -0.39 is 22.6 Å². The molecule has 0 radical (unpaired) electrons. The van der Waals surface area contributed by atoms with Gasteiger partial charge >= 0.3 is 5.97 Å². The van der Waals surface area contributed by atoms with E-state index >= 15 is 0 Å². The molecule has 19 heavy (non-hydrogen) atoms. The zero-order valence-electron chi connectivity index (χ0n) is 10.0. The van der Waals surface area contributed by atoms with Gasteiger partial charge in [0.1, 0.15) is 12.2 Å². The molecule has 0 aromatic heterocycles. The lowest BCUT2D eigenvalue weighted by Gasteiger charge is -2.03. The third-order valence-electron chi connectivity index (χ3n) is 2.77. The quantitative estimate of drug-likeness (QED) is 0.352. The normalized spacial score (nSPS) is 24.3. The molecule has 0 bridgehead atoms. The molecular formula is C12H10N2O5. The minimum Gasteiger partial charge on any atom is -0.463 e. The Bertz CT molecular complexity index is 562. The Kier molecular flexibility index (Phi) is 3.19. The van der Waals surface area contributed by atoms with E-state index in [4.69, 9.17) is 14.7 Å². The molecule has 2 atom stereocenters. The maximum atomic E-state index is 11.6. The summed E-state index contributed by atoms with van der Waals surface area (Å²) in [5.41, 5.74) is -1.16. The number of ether oxygens (including phenoxy) is 2. The summed E-state index contributed by atoms with van der Waals surface area (Å²) in [7, 11) is 0. The Morgan fingerprint density at radius 3 is 2.68 bits per heavy atom. The maximum absolute atomic E-state index is 11.6. The summed E-state index contributed by atoms with van der Waals surface area (Å²) in [6.45, 7) is 1.78. The van der Waals surface area contributed by atoms with Gasteiger partial charge in [-0.3, -0.25) is 10.1 Å². The number of esters is 1. The van der Waals surface area contributed by atoms with Crippen LogP contribution in [0.4, 0.5) is 5.69 Å². The van der Waals surface area contributed by atoms with E-state index in [2.05, 4.69) is 0 Å². The summed E-state index contributed by atoms with van der Waals surface area (Å²) in [5.74, 6) is -0.735. The molecule has 1 aliphatic rings. The largest absolute Gasteiger partial charge is 0.463 e. The average molecular weight is 262 g/mol. The van der Waals surface area contributed by atoms with Crippen molar-refractivity contribution < 1.29 is 19.2 Å². The van der Waals surface area contributed by atoms with Gasteiger partial charge in [-0.25, -0.2) is 4.79 Å². The molecule has 0 N–H and O–H groups in total. The third kappa shape index (κ3) is 2.13. The number of non-ortho nitro benzene ring substituents is 1. The number of benzene rings is 1. The highest BCUT2D eigenvalue weighted by Gasteiger charge is 2.66. The first-order valence-corrected chi connectivity index (χ1v) is 5.55. The van der Waals surface area contributed by atoms with Crippen LogP contribution in [0.1, 0.15) is 18.6 Å². The van der Waals surface area contributed by atoms with E-state index in [0.717, 1.165) is 0 Å².